The van der Waals surface area contributed by atoms with Crippen LogP contribution in [0.4, 0.5) is 4.79 Å². The Hall–Kier alpha value is -1.59. The Kier molecular flexibility index (Phi) is 2.62. The van der Waals surface area contributed by atoms with E-state index in [9.17, 15) is 4.79 Å². The van der Waals surface area contributed by atoms with Crippen LogP contribution in [0.25, 0.3) is 0 Å². The van der Waals surface area contributed by atoms with Crippen LogP contribution in [0.2, 0.25) is 0 Å². The number of amides is 1. The van der Waals surface area contributed by atoms with Crippen molar-refractivity contribution in [1.29, 1.82) is 0 Å². The van der Waals surface area contributed by atoms with Crippen molar-refractivity contribution in [1.82, 2.24) is 20.7 Å². The van der Waals surface area contributed by atoms with Gasteiger partial charge < -0.3 is 10.4 Å². The molecule has 0 spiro atoms. The topological polar surface area (TPSA) is 90.9 Å². The Morgan fingerprint density at radius 1 is 1.92 bits per heavy atom. The Labute approximate surface area is 69.0 Å². The van der Waals surface area contributed by atoms with Crippen LogP contribution in [0, 0.1) is 0 Å². The first-order valence-electron chi connectivity index (χ1n) is 3.52. The number of aromatic amines is 1. The molecule has 3 N–H and O–H groups in total. The van der Waals surface area contributed by atoms with Crippen LogP contribution in [-0.2, 0) is 6.42 Å². The van der Waals surface area contributed by atoms with E-state index in [0.29, 0.717) is 6.42 Å². The average Bonchev–Trinajstić information content (AvgIpc) is 2.37. The minimum Gasteiger partial charge on any atom is -0.465 e. The van der Waals surface area contributed by atoms with Gasteiger partial charge in [-0.3, -0.25) is 0 Å². The largest absolute Gasteiger partial charge is 0.465 e. The highest BCUT2D eigenvalue weighted by Gasteiger charge is 2.07. The molecule has 0 saturated heterocycles. The normalized spacial score (nSPS) is 12.4. The SMILES string of the molecule is CC(Cc1cn[nH]n1)NC(=O)O. The van der Waals surface area contributed by atoms with Crippen molar-refractivity contribution >= 4 is 6.09 Å². The van der Waals surface area contributed by atoms with E-state index in [0.717, 1.165) is 5.69 Å². The maximum atomic E-state index is 10.2. The fraction of sp³-hybridized carbons (Fsp3) is 0.500. The quantitative estimate of drug-likeness (QED) is 0.595. The number of hydrogen-bond acceptors (Lipinski definition) is 3. The highest BCUT2D eigenvalue weighted by atomic mass is 16.4. The second kappa shape index (κ2) is 3.70. The van der Waals surface area contributed by atoms with Gasteiger partial charge in [-0.05, 0) is 6.92 Å². The first-order valence-corrected chi connectivity index (χ1v) is 3.52. The molecule has 0 aliphatic rings. The van der Waals surface area contributed by atoms with Crippen LogP contribution in [0.1, 0.15) is 12.6 Å². The number of aromatic nitrogens is 3. The lowest BCUT2D eigenvalue weighted by molar-refractivity contribution is 0.190. The summed E-state index contributed by atoms with van der Waals surface area (Å²) in [6, 6.07) is -0.146. The Balaban J connectivity index is 2.36. The standard InChI is InChI=1S/C6H10N4O2/c1-4(8-6(11)12)2-5-3-7-10-9-5/h3-4,8H,2H2,1H3,(H,11,12)(H,7,9,10). The zero-order chi connectivity index (χ0) is 8.97. The van der Waals surface area contributed by atoms with Gasteiger partial charge in [-0.15, -0.1) is 0 Å². The second-order valence-corrected chi connectivity index (χ2v) is 2.52. The Morgan fingerprint density at radius 3 is 3.17 bits per heavy atom. The molecule has 1 aromatic heterocycles. The summed E-state index contributed by atoms with van der Waals surface area (Å²) in [5, 5.41) is 20.5. The molecule has 1 atom stereocenters. The molecule has 1 rings (SSSR count). The second-order valence-electron chi connectivity index (χ2n) is 2.52. The molecule has 0 aliphatic carbocycles. The van der Waals surface area contributed by atoms with E-state index in [1.54, 1.807) is 13.1 Å². The number of H-pyrrole nitrogens is 1. The van der Waals surface area contributed by atoms with Crippen LogP contribution >= 0.6 is 0 Å². The molecule has 1 heterocycles. The van der Waals surface area contributed by atoms with Crippen molar-refractivity contribution in [2.24, 2.45) is 0 Å². The monoisotopic (exact) mass is 170 g/mol. The van der Waals surface area contributed by atoms with Gasteiger partial charge in [0.15, 0.2) is 0 Å². The molecular weight excluding hydrogens is 160 g/mol. The summed E-state index contributed by atoms with van der Waals surface area (Å²) in [6.45, 7) is 1.77. The molecule has 1 amide bonds. The lowest BCUT2D eigenvalue weighted by Gasteiger charge is -2.07. The predicted octanol–water partition coefficient (Wildman–Crippen LogP) is 0.00330. The van der Waals surface area contributed by atoms with E-state index in [1.807, 2.05) is 0 Å². The van der Waals surface area contributed by atoms with Crippen LogP contribution in [0.3, 0.4) is 0 Å². The van der Waals surface area contributed by atoms with E-state index < -0.39 is 6.09 Å². The van der Waals surface area contributed by atoms with E-state index >= 15 is 0 Å². The number of rotatable bonds is 3. The fourth-order valence-electron chi connectivity index (χ4n) is 0.899. The number of carboxylic acid groups (broad SMARTS) is 1. The van der Waals surface area contributed by atoms with Crippen LogP contribution in [-0.4, -0.2) is 32.7 Å². The summed E-state index contributed by atoms with van der Waals surface area (Å²) in [6.07, 6.45) is 1.09. The van der Waals surface area contributed by atoms with Crippen molar-refractivity contribution in [2.75, 3.05) is 0 Å². The Bertz CT molecular complexity index is 246. The maximum absolute atomic E-state index is 10.2. The molecule has 12 heavy (non-hydrogen) atoms. The van der Waals surface area contributed by atoms with Gasteiger partial charge in [0.1, 0.15) is 0 Å². The van der Waals surface area contributed by atoms with Gasteiger partial charge >= 0.3 is 6.09 Å². The smallest absolute Gasteiger partial charge is 0.404 e. The summed E-state index contributed by atoms with van der Waals surface area (Å²) in [4.78, 5) is 10.2. The third kappa shape index (κ3) is 2.57. The van der Waals surface area contributed by atoms with Gasteiger partial charge in [0.2, 0.25) is 0 Å². The number of hydrogen-bond donors (Lipinski definition) is 3. The van der Waals surface area contributed by atoms with E-state index in [4.69, 9.17) is 5.11 Å². The lowest BCUT2D eigenvalue weighted by Crippen LogP contribution is -2.32. The van der Waals surface area contributed by atoms with Crippen molar-refractivity contribution in [3.05, 3.63) is 11.9 Å². The molecule has 6 heteroatoms. The van der Waals surface area contributed by atoms with Gasteiger partial charge in [-0.25, -0.2) is 4.79 Å². The third-order valence-electron chi connectivity index (χ3n) is 1.35. The molecule has 6 nitrogen and oxygen atoms in total. The van der Waals surface area contributed by atoms with Crippen molar-refractivity contribution < 1.29 is 9.90 Å². The van der Waals surface area contributed by atoms with Crippen LogP contribution in [0.5, 0.6) is 0 Å². The average molecular weight is 170 g/mol. The first-order chi connectivity index (χ1) is 5.68. The third-order valence-corrected chi connectivity index (χ3v) is 1.35. The molecule has 1 unspecified atom stereocenters. The van der Waals surface area contributed by atoms with E-state index in [2.05, 4.69) is 20.7 Å². The highest BCUT2D eigenvalue weighted by molar-refractivity contribution is 5.64. The first kappa shape index (κ1) is 8.51. The Morgan fingerprint density at radius 2 is 2.67 bits per heavy atom. The summed E-state index contributed by atoms with van der Waals surface area (Å²) < 4.78 is 0. The van der Waals surface area contributed by atoms with Gasteiger partial charge in [0, 0.05) is 12.5 Å². The van der Waals surface area contributed by atoms with E-state index in [-0.39, 0.29) is 6.04 Å². The summed E-state index contributed by atoms with van der Waals surface area (Å²) >= 11 is 0. The molecule has 0 saturated carbocycles. The van der Waals surface area contributed by atoms with Crippen molar-refractivity contribution in [3.8, 4) is 0 Å². The minimum atomic E-state index is -1.02. The molecule has 66 valence electrons. The molecule has 1 aromatic rings. The summed E-state index contributed by atoms with van der Waals surface area (Å²) in [7, 11) is 0. The minimum absolute atomic E-state index is 0.146. The molecule has 0 radical (unpaired) electrons. The molecule has 0 fully saturated rings. The molecule has 0 bridgehead atoms. The fourth-order valence-corrected chi connectivity index (χ4v) is 0.899. The summed E-state index contributed by atoms with van der Waals surface area (Å²) in [5.74, 6) is 0. The van der Waals surface area contributed by atoms with Crippen LogP contribution in [0.15, 0.2) is 6.20 Å². The van der Waals surface area contributed by atoms with Gasteiger partial charge in [0.05, 0.1) is 11.9 Å². The molecular formula is C6H10N4O2. The summed E-state index contributed by atoms with van der Waals surface area (Å²) in [5.41, 5.74) is 0.747. The molecule has 0 aromatic carbocycles. The van der Waals surface area contributed by atoms with Crippen LogP contribution < -0.4 is 5.32 Å². The van der Waals surface area contributed by atoms with Crippen molar-refractivity contribution in [3.63, 3.8) is 0 Å². The van der Waals surface area contributed by atoms with Gasteiger partial charge in [-0.1, -0.05) is 0 Å². The predicted molar refractivity (Wildman–Crippen MR) is 40.7 cm³/mol. The number of carbonyl (C=O) groups is 1. The van der Waals surface area contributed by atoms with Gasteiger partial charge in [-0.2, -0.15) is 15.4 Å². The zero-order valence-corrected chi connectivity index (χ0v) is 6.61. The van der Waals surface area contributed by atoms with Gasteiger partial charge in [0.25, 0.3) is 0 Å². The maximum Gasteiger partial charge on any atom is 0.404 e. The highest BCUT2D eigenvalue weighted by Crippen LogP contribution is 1.95. The van der Waals surface area contributed by atoms with E-state index in [1.165, 1.54) is 0 Å². The number of nitrogens with one attached hydrogen (secondary N) is 2. The molecule has 0 aliphatic heterocycles. The lowest BCUT2D eigenvalue weighted by atomic mass is 10.2. The zero-order valence-electron chi connectivity index (χ0n) is 6.61. The number of nitrogens with zero attached hydrogens (tertiary/aromatic N) is 2. The van der Waals surface area contributed by atoms with Crippen molar-refractivity contribution in [2.45, 2.75) is 19.4 Å².